The van der Waals surface area contributed by atoms with Gasteiger partial charge < -0.3 is 51.2 Å². The zero-order chi connectivity index (χ0) is 38.7. The molecule has 16 heteroatoms. The number of piperazine rings is 1. The standard InChI is InChI=1S/C37H51FN8O7/c1-5-44-21-29(35(49)50)34(48)28-17-30(38)33(18-32(28)44)45-13-15-46(16-14-45)37(52)53-22-25-8-10-26(11-9-25)41-19-27(7-6-12-40-36(39)51)42-20-31(23(2)3)43-24(4)47/h8-11,17-18,21,23,27,31,41-42H,5-7,12-16,19-20,22H2,1-4H3,(H,43,47)(H,49,50)(H3,39,40,51)/t27-,31+/m0/s1. The van der Waals surface area contributed by atoms with Crippen molar-refractivity contribution in [2.45, 2.75) is 65.8 Å². The summed E-state index contributed by atoms with van der Waals surface area (Å²) in [6.07, 6.45) is 2.27. The summed E-state index contributed by atoms with van der Waals surface area (Å²) in [5.41, 5.74) is 6.43. The molecule has 288 valence electrons. The minimum atomic E-state index is -1.37. The first kappa shape index (κ1) is 40.4. The lowest BCUT2D eigenvalue weighted by Gasteiger charge is -2.35. The number of hydrogen-bond acceptors (Lipinski definition) is 9. The number of ether oxygens (including phenoxy) is 1. The predicted molar refractivity (Wildman–Crippen MR) is 201 cm³/mol. The predicted octanol–water partition coefficient (Wildman–Crippen LogP) is 3.30. The van der Waals surface area contributed by atoms with Crippen LogP contribution in [0.2, 0.25) is 0 Å². The summed E-state index contributed by atoms with van der Waals surface area (Å²) in [4.78, 5) is 63.3. The number of aromatic nitrogens is 1. The normalized spacial score (nSPS) is 14.2. The molecule has 4 amide bonds. The van der Waals surface area contributed by atoms with E-state index < -0.39 is 34.9 Å². The molecule has 1 aromatic heterocycles. The molecule has 4 rings (SSSR count). The van der Waals surface area contributed by atoms with Gasteiger partial charge in [-0.25, -0.2) is 18.8 Å². The van der Waals surface area contributed by atoms with Gasteiger partial charge in [-0.2, -0.15) is 0 Å². The van der Waals surface area contributed by atoms with Gasteiger partial charge in [-0.05, 0) is 55.5 Å². The van der Waals surface area contributed by atoms with Crippen LogP contribution >= 0.6 is 0 Å². The number of nitrogens with two attached hydrogens (primary N) is 1. The van der Waals surface area contributed by atoms with Crippen molar-refractivity contribution in [2.24, 2.45) is 11.7 Å². The molecular formula is C37H51FN8O7. The van der Waals surface area contributed by atoms with E-state index in [0.29, 0.717) is 64.3 Å². The van der Waals surface area contributed by atoms with Gasteiger partial charge in [-0.3, -0.25) is 9.59 Å². The van der Waals surface area contributed by atoms with Gasteiger partial charge >= 0.3 is 18.1 Å². The number of carboxylic acid groups (broad SMARTS) is 1. The quantitative estimate of drug-likeness (QED) is 0.112. The van der Waals surface area contributed by atoms with E-state index in [9.17, 15) is 29.1 Å². The van der Waals surface area contributed by atoms with Crippen LogP contribution in [0.3, 0.4) is 0 Å². The Morgan fingerprint density at radius 2 is 1.74 bits per heavy atom. The number of carbonyl (C=O) groups is 4. The molecule has 0 radical (unpaired) electrons. The fourth-order valence-corrected chi connectivity index (χ4v) is 6.23. The van der Waals surface area contributed by atoms with Crippen LogP contribution in [0.4, 0.5) is 25.4 Å². The number of fused-ring (bicyclic) bond motifs is 1. The smallest absolute Gasteiger partial charge is 0.410 e. The molecule has 15 nitrogen and oxygen atoms in total. The average Bonchev–Trinajstić information content (AvgIpc) is 3.12. The number of primary amides is 1. The fourth-order valence-electron chi connectivity index (χ4n) is 6.23. The van der Waals surface area contributed by atoms with Crippen molar-refractivity contribution < 1.29 is 33.4 Å². The average molecular weight is 739 g/mol. The third kappa shape index (κ3) is 11.3. The number of hydrogen-bond donors (Lipinski definition) is 6. The van der Waals surface area contributed by atoms with Crippen LogP contribution in [0.15, 0.2) is 47.4 Å². The van der Waals surface area contributed by atoms with E-state index >= 15 is 4.39 Å². The van der Waals surface area contributed by atoms with Gasteiger partial charge in [0.15, 0.2) is 0 Å². The van der Waals surface area contributed by atoms with Gasteiger partial charge in [0.1, 0.15) is 18.0 Å². The van der Waals surface area contributed by atoms with Crippen molar-refractivity contribution in [3.8, 4) is 0 Å². The number of benzene rings is 2. The second kappa shape index (κ2) is 18.9. The second-order valence-corrected chi connectivity index (χ2v) is 13.5. The third-order valence-corrected chi connectivity index (χ3v) is 9.32. The van der Waals surface area contributed by atoms with Gasteiger partial charge in [0.05, 0.1) is 11.2 Å². The molecule has 2 heterocycles. The molecule has 1 fully saturated rings. The zero-order valence-electron chi connectivity index (χ0n) is 30.7. The Morgan fingerprint density at radius 1 is 1.04 bits per heavy atom. The Kier molecular flexibility index (Phi) is 14.4. The minimum Gasteiger partial charge on any atom is -0.477 e. The number of halogens is 1. The van der Waals surface area contributed by atoms with Gasteiger partial charge in [0.25, 0.3) is 0 Å². The lowest BCUT2D eigenvalue weighted by molar-refractivity contribution is -0.119. The van der Waals surface area contributed by atoms with E-state index in [4.69, 9.17) is 10.5 Å². The van der Waals surface area contributed by atoms with Crippen LogP contribution in [0.5, 0.6) is 0 Å². The third-order valence-electron chi connectivity index (χ3n) is 9.32. The van der Waals surface area contributed by atoms with Crippen LogP contribution in [-0.2, 0) is 22.7 Å². The molecule has 0 unspecified atom stereocenters. The maximum Gasteiger partial charge on any atom is 0.410 e. The zero-order valence-corrected chi connectivity index (χ0v) is 30.7. The highest BCUT2D eigenvalue weighted by Gasteiger charge is 2.26. The van der Waals surface area contributed by atoms with Crippen molar-refractivity contribution in [2.75, 3.05) is 56.0 Å². The van der Waals surface area contributed by atoms with Crippen LogP contribution in [-0.4, -0.2) is 96.5 Å². The van der Waals surface area contributed by atoms with Gasteiger partial charge in [-0.1, -0.05) is 26.0 Å². The summed E-state index contributed by atoms with van der Waals surface area (Å²) in [6.45, 7) is 10.8. The van der Waals surface area contributed by atoms with Crippen molar-refractivity contribution in [3.05, 3.63) is 69.8 Å². The summed E-state index contributed by atoms with van der Waals surface area (Å²) >= 11 is 0. The van der Waals surface area contributed by atoms with Crippen LogP contribution in [0.25, 0.3) is 10.9 Å². The lowest BCUT2D eigenvalue weighted by atomic mass is 10.0. The molecule has 53 heavy (non-hydrogen) atoms. The van der Waals surface area contributed by atoms with Crippen LogP contribution in [0, 0.1) is 11.7 Å². The van der Waals surface area contributed by atoms with Gasteiger partial charge in [-0.15, -0.1) is 0 Å². The number of amides is 4. The number of nitrogens with zero attached hydrogens (tertiary/aromatic N) is 3. The molecule has 7 N–H and O–H groups in total. The topological polar surface area (TPSA) is 200 Å². The molecule has 1 aliphatic heterocycles. The number of aromatic carboxylic acids is 1. The summed E-state index contributed by atoms with van der Waals surface area (Å²) in [5, 5.41) is 22.0. The van der Waals surface area contributed by atoms with Crippen molar-refractivity contribution >= 4 is 46.3 Å². The Bertz CT molecular complexity index is 1810. The molecule has 0 bridgehead atoms. The highest BCUT2D eigenvalue weighted by atomic mass is 19.1. The molecule has 2 aromatic carbocycles. The Labute approximate surface area is 308 Å². The Balaban J connectivity index is 1.28. The summed E-state index contributed by atoms with van der Waals surface area (Å²) in [6, 6.07) is 9.65. The van der Waals surface area contributed by atoms with E-state index in [1.807, 2.05) is 31.2 Å². The van der Waals surface area contributed by atoms with Gasteiger partial charge in [0.2, 0.25) is 11.3 Å². The number of carboxylic acids is 1. The molecule has 0 spiro atoms. The highest BCUT2D eigenvalue weighted by molar-refractivity contribution is 5.93. The Hall–Kier alpha value is -5.38. The fraction of sp³-hybridized carbons (Fsp3) is 0.486. The van der Waals surface area contributed by atoms with E-state index in [1.54, 1.807) is 20.4 Å². The molecule has 0 aliphatic carbocycles. The van der Waals surface area contributed by atoms with Crippen molar-refractivity contribution in [1.29, 1.82) is 0 Å². The highest BCUT2D eigenvalue weighted by Crippen LogP contribution is 2.26. The molecule has 1 saturated heterocycles. The van der Waals surface area contributed by atoms with E-state index in [2.05, 4.69) is 35.1 Å². The Morgan fingerprint density at radius 3 is 2.34 bits per heavy atom. The lowest BCUT2D eigenvalue weighted by Crippen LogP contribution is -2.49. The molecular weight excluding hydrogens is 687 g/mol. The number of aryl methyl sites for hydroxylation is 1. The number of carbonyl (C=O) groups excluding carboxylic acids is 3. The van der Waals surface area contributed by atoms with E-state index in [-0.39, 0.29) is 41.6 Å². The maximum absolute atomic E-state index is 15.3. The number of rotatable bonds is 17. The monoisotopic (exact) mass is 738 g/mol. The van der Waals surface area contributed by atoms with Crippen molar-refractivity contribution in [1.82, 2.24) is 25.4 Å². The maximum atomic E-state index is 15.3. The molecule has 1 aliphatic rings. The summed E-state index contributed by atoms with van der Waals surface area (Å²) < 4.78 is 22.5. The second-order valence-electron chi connectivity index (χ2n) is 13.5. The number of anilines is 2. The number of nitrogens with one attached hydrogen (secondary N) is 4. The first-order valence-electron chi connectivity index (χ1n) is 17.9. The minimum absolute atomic E-state index is 0.00161. The van der Waals surface area contributed by atoms with Gasteiger partial charge in [0, 0.05) is 88.6 Å². The summed E-state index contributed by atoms with van der Waals surface area (Å²) in [5.74, 6) is -1.85. The first-order valence-corrected chi connectivity index (χ1v) is 17.9. The molecule has 3 aromatic rings. The molecule has 0 saturated carbocycles. The SMILES string of the molecule is CCn1cc(C(=O)O)c(=O)c2cc(F)c(N3CCN(C(=O)OCc4ccc(NC[C@H](CCCNC(N)=O)NC[C@@H](NC(C)=O)C(C)C)cc4)CC3)cc21. The number of pyridine rings is 1. The first-order chi connectivity index (χ1) is 25.3. The van der Waals surface area contributed by atoms with E-state index in [1.165, 1.54) is 13.1 Å². The summed E-state index contributed by atoms with van der Waals surface area (Å²) in [7, 11) is 0. The largest absolute Gasteiger partial charge is 0.477 e. The molecule has 2 atom stereocenters. The number of urea groups is 1. The van der Waals surface area contributed by atoms with Crippen LogP contribution < -0.4 is 37.3 Å². The van der Waals surface area contributed by atoms with Crippen LogP contribution in [0.1, 0.15) is 56.5 Å². The van der Waals surface area contributed by atoms with Crippen molar-refractivity contribution in [3.63, 3.8) is 0 Å². The van der Waals surface area contributed by atoms with E-state index in [0.717, 1.165) is 23.7 Å².